The minimum absolute atomic E-state index is 0.116. The van der Waals surface area contributed by atoms with Crippen LogP contribution in [0.25, 0.3) is 0 Å². The predicted octanol–water partition coefficient (Wildman–Crippen LogP) is 0.852. The van der Waals surface area contributed by atoms with Crippen LogP contribution in [0, 0.1) is 0 Å². The van der Waals surface area contributed by atoms with Gasteiger partial charge in [-0.15, -0.1) is 0 Å². The van der Waals surface area contributed by atoms with Gasteiger partial charge >= 0.3 is 0 Å². The largest absolute Gasteiger partial charge is 0.263 e. The zero-order valence-corrected chi connectivity index (χ0v) is 8.38. The Morgan fingerprint density at radius 2 is 2.08 bits per heavy atom. The number of pyridine rings is 1. The third-order valence-electron chi connectivity index (χ3n) is 1.75. The van der Waals surface area contributed by atoms with E-state index in [0.29, 0.717) is 5.56 Å². The smallest absolute Gasteiger partial charge is 0.239 e. The fraction of sp³-hybridized carbons (Fsp3) is 0.375. The summed E-state index contributed by atoms with van der Waals surface area (Å²) in [6.45, 7) is 3.81. The summed E-state index contributed by atoms with van der Waals surface area (Å²) in [5.41, 5.74) is 0.706. The van der Waals surface area contributed by atoms with Gasteiger partial charge in [-0.2, -0.15) is 0 Å². The number of primary sulfonamides is 1. The Hall–Kier alpha value is -0.940. The molecule has 2 N–H and O–H groups in total. The first kappa shape index (κ1) is 10.1. The molecule has 0 aliphatic rings. The summed E-state index contributed by atoms with van der Waals surface area (Å²) in [6, 6.07) is 1.67. The monoisotopic (exact) mass is 200 g/mol. The summed E-state index contributed by atoms with van der Waals surface area (Å²) in [4.78, 5) is 3.85. The molecule has 0 aromatic carbocycles. The summed E-state index contributed by atoms with van der Waals surface area (Å²) >= 11 is 0. The molecule has 0 atom stereocenters. The van der Waals surface area contributed by atoms with Gasteiger partial charge in [-0.05, 0) is 17.5 Å². The summed E-state index contributed by atoms with van der Waals surface area (Å²) < 4.78 is 22.2. The van der Waals surface area contributed by atoms with Crippen LogP contribution >= 0.6 is 0 Å². The Labute approximate surface area is 77.8 Å². The van der Waals surface area contributed by atoms with E-state index in [1.165, 1.54) is 6.20 Å². The van der Waals surface area contributed by atoms with E-state index in [4.69, 9.17) is 5.14 Å². The van der Waals surface area contributed by atoms with Crippen molar-refractivity contribution in [3.05, 3.63) is 24.0 Å². The minimum Gasteiger partial charge on any atom is -0.263 e. The Morgan fingerprint density at radius 1 is 1.46 bits per heavy atom. The Bertz CT molecular complexity index is 398. The number of hydrogen-bond acceptors (Lipinski definition) is 3. The van der Waals surface area contributed by atoms with Crippen LogP contribution in [-0.4, -0.2) is 13.4 Å². The second kappa shape index (κ2) is 3.43. The average molecular weight is 200 g/mol. The van der Waals surface area contributed by atoms with Crippen molar-refractivity contribution in [2.75, 3.05) is 0 Å². The molecule has 1 heterocycles. The molecule has 0 saturated carbocycles. The molecule has 0 fully saturated rings. The van der Waals surface area contributed by atoms with Crippen molar-refractivity contribution in [1.29, 1.82) is 0 Å². The second-order valence-corrected chi connectivity index (χ2v) is 4.64. The number of rotatable bonds is 2. The highest BCUT2D eigenvalue weighted by molar-refractivity contribution is 7.89. The molecule has 0 unspecified atom stereocenters. The SMILES string of the molecule is CC(C)c1ccncc1S(N)(=O)=O. The maximum absolute atomic E-state index is 11.1. The van der Waals surface area contributed by atoms with Gasteiger partial charge in [0.05, 0.1) is 0 Å². The maximum Gasteiger partial charge on any atom is 0.239 e. The molecule has 1 aromatic heterocycles. The highest BCUT2D eigenvalue weighted by Gasteiger charge is 2.15. The van der Waals surface area contributed by atoms with Crippen molar-refractivity contribution in [2.24, 2.45) is 5.14 Å². The van der Waals surface area contributed by atoms with Gasteiger partial charge in [-0.3, -0.25) is 4.98 Å². The fourth-order valence-corrected chi connectivity index (χ4v) is 1.95. The van der Waals surface area contributed by atoms with E-state index in [1.54, 1.807) is 12.3 Å². The first-order chi connectivity index (χ1) is 5.93. The number of hydrogen-bond donors (Lipinski definition) is 1. The van der Waals surface area contributed by atoms with Crippen LogP contribution in [0.5, 0.6) is 0 Å². The van der Waals surface area contributed by atoms with E-state index in [9.17, 15) is 8.42 Å². The van der Waals surface area contributed by atoms with Gasteiger partial charge in [-0.1, -0.05) is 13.8 Å². The van der Waals surface area contributed by atoms with Gasteiger partial charge in [0.25, 0.3) is 0 Å². The lowest BCUT2D eigenvalue weighted by Crippen LogP contribution is -2.15. The third kappa shape index (κ3) is 2.26. The van der Waals surface area contributed by atoms with E-state index in [-0.39, 0.29) is 10.8 Å². The zero-order chi connectivity index (χ0) is 10.1. The zero-order valence-electron chi connectivity index (χ0n) is 7.56. The average Bonchev–Trinajstić information content (AvgIpc) is 2.03. The molecular formula is C8H12N2O2S. The molecular weight excluding hydrogens is 188 g/mol. The van der Waals surface area contributed by atoms with E-state index in [2.05, 4.69) is 4.98 Å². The fourth-order valence-electron chi connectivity index (χ4n) is 1.11. The molecule has 1 rings (SSSR count). The summed E-state index contributed by atoms with van der Waals surface area (Å²) in [7, 11) is -3.64. The highest BCUT2D eigenvalue weighted by atomic mass is 32.2. The molecule has 0 amide bonds. The lowest BCUT2D eigenvalue weighted by molar-refractivity contribution is 0.595. The molecule has 0 bridgehead atoms. The quantitative estimate of drug-likeness (QED) is 0.769. The van der Waals surface area contributed by atoms with Crippen LogP contribution in [0.15, 0.2) is 23.4 Å². The van der Waals surface area contributed by atoms with Crippen LogP contribution in [0.3, 0.4) is 0 Å². The van der Waals surface area contributed by atoms with Crippen molar-refractivity contribution < 1.29 is 8.42 Å². The van der Waals surface area contributed by atoms with Crippen molar-refractivity contribution in [2.45, 2.75) is 24.7 Å². The molecule has 1 aromatic rings. The van der Waals surface area contributed by atoms with Gasteiger partial charge in [0, 0.05) is 12.4 Å². The molecule has 0 radical (unpaired) electrons. The van der Waals surface area contributed by atoms with Gasteiger partial charge < -0.3 is 0 Å². The van der Waals surface area contributed by atoms with Crippen molar-refractivity contribution >= 4 is 10.0 Å². The number of nitrogens with two attached hydrogens (primary N) is 1. The Morgan fingerprint density at radius 3 is 2.46 bits per heavy atom. The number of aromatic nitrogens is 1. The summed E-state index contributed by atoms with van der Waals surface area (Å²) in [6.07, 6.45) is 2.84. The van der Waals surface area contributed by atoms with Crippen LogP contribution in [0.1, 0.15) is 25.3 Å². The Balaban J connectivity index is 3.37. The number of nitrogens with zero attached hydrogens (tertiary/aromatic N) is 1. The van der Waals surface area contributed by atoms with Crippen LogP contribution in [-0.2, 0) is 10.0 Å². The van der Waals surface area contributed by atoms with Crippen LogP contribution < -0.4 is 5.14 Å². The normalized spacial score (nSPS) is 12.0. The molecule has 0 aliphatic carbocycles. The molecule has 5 heteroatoms. The molecule has 0 spiro atoms. The van der Waals surface area contributed by atoms with Gasteiger partial charge in [0.15, 0.2) is 0 Å². The van der Waals surface area contributed by atoms with Crippen LogP contribution in [0.4, 0.5) is 0 Å². The van der Waals surface area contributed by atoms with E-state index in [1.807, 2.05) is 13.8 Å². The molecule has 72 valence electrons. The summed E-state index contributed by atoms with van der Waals surface area (Å²) in [5.74, 6) is 0.122. The van der Waals surface area contributed by atoms with Crippen LogP contribution in [0.2, 0.25) is 0 Å². The predicted molar refractivity (Wildman–Crippen MR) is 49.7 cm³/mol. The molecule has 13 heavy (non-hydrogen) atoms. The van der Waals surface area contributed by atoms with Crippen molar-refractivity contribution in [3.63, 3.8) is 0 Å². The lowest BCUT2D eigenvalue weighted by atomic mass is 10.1. The minimum atomic E-state index is -3.64. The third-order valence-corrected chi connectivity index (χ3v) is 2.70. The second-order valence-electron chi connectivity index (χ2n) is 3.11. The lowest BCUT2D eigenvalue weighted by Gasteiger charge is -2.09. The van der Waals surface area contributed by atoms with Gasteiger partial charge in [0.1, 0.15) is 4.90 Å². The standard InChI is InChI=1S/C8H12N2O2S/c1-6(2)7-3-4-10-5-8(7)13(9,11)12/h3-6H,1-2H3,(H2,9,11,12). The van der Waals surface area contributed by atoms with E-state index in [0.717, 1.165) is 0 Å². The van der Waals surface area contributed by atoms with E-state index >= 15 is 0 Å². The molecule has 4 nitrogen and oxygen atoms in total. The first-order valence-corrected chi connectivity index (χ1v) is 5.44. The van der Waals surface area contributed by atoms with Crippen molar-refractivity contribution in [3.8, 4) is 0 Å². The number of sulfonamides is 1. The maximum atomic E-state index is 11.1. The topological polar surface area (TPSA) is 73.0 Å². The summed E-state index contributed by atoms with van der Waals surface area (Å²) in [5, 5.41) is 5.03. The Kier molecular flexibility index (Phi) is 2.68. The van der Waals surface area contributed by atoms with Gasteiger partial charge in [0.2, 0.25) is 10.0 Å². The van der Waals surface area contributed by atoms with E-state index < -0.39 is 10.0 Å². The molecule has 0 saturated heterocycles. The first-order valence-electron chi connectivity index (χ1n) is 3.89. The van der Waals surface area contributed by atoms with Gasteiger partial charge in [-0.25, -0.2) is 13.6 Å². The molecule has 0 aliphatic heterocycles. The van der Waals surface area contributed by atoms with Crippen molar-refractivity contribution in [1.82, 2.24) is 4.98 Å². The highest BCUT2D eigenvalue weighted by Crippen LogP contribution is 2.20.